The van der Waals surface area contributed by atoms with Crippen LogP contribution in [0.2, 0.25) is 0 Å². The molecule has 0 saturated carbocycles. The molecule has 0 aliphatic heterocycles. The summed E-state index contributed by atoms with van der Waals surface area (Å²) in [5.41, 5.74) is 0. The van der Waals surface area contributed by atoms with Crippen molar-refractivity contribution in [2.24, 2.45) is 0 Å². The summed E-state index contributed by atoms with van der Waals surface area (Å²) >= 11 is 0. The summed E-state index contributed by atoms with van der Waals surface area (Å²) < 4.78 is 41.8. The molecule has 0 aromatic rings. The van der Waals surface area contributed by atoms with Gasteiger partial charge in [0.05, 0.1) is 13.2 Å². The maximum Gasteiger partial charge on any atom is 0.399 e. The lowest BCUT2D eigenvalue weighted by atomic mass is 10.7. The van der Waals surface area contributed by atoms with Crippen molar-refractivity contribution in [3.05, 3.63) is 0 Å². The molecule has 1 atom stereocenters. The monoisotopic (exact) mass is 200 g/mol. The molecule has 0 aromatic carbocycles. The van der Waals surface area contributed by atoms with Gasteiger partial charge in [-0.05, 0) is 6.92 Å². The van der Waals surface area contributed by atoms with E-state index in [0.29, 0.717) is 6.61 Å². The zero-order valence-electron chi connectivity index (χ0n) is 6.89. The van der Waals surface area contributed by atoms with Gasteiger partial charge < -0.3 is 9.47 Å². The van der Waals surface area contributed by atoms with Crippen LogP contribution >= 0.6 is 0 Å². The molecule has 0 aliphatic carbocycles. The molecule has 0 heterocycles. The summed E-state index contributed by atoms with van der Waals surface area (Å²) in [6, 6.07) is 0. The predicted octanol–water partition coefficient (Wildman–Crippen LogP) is -0.185. The molecule has 0 amide bonds. The lowest BCUT2D eigenvalue weighted by Gasteiger charge is -2.10. The summed E-state index contributed by atoms with van der Waals surface area (Å²) in [5.74, 6) is 0. The second-order valence-corrected chi connectivity index (χ2v) is 3.00. The van der Waals surface area contributed by atoms with Gasteiger partial charge in [-0.15, -0.1) is 0 Å². The summed E-state index contributed by atoms with van der Waals surface area (Å²) in [5, 5.41) is 0. The number of methoxy groups -OCH3 is 1. The van der Waals surface area contributed by atoms with Crippen LogP contribution in [0.5, 0.6) is 0 Å². The molecule has 6 nitrogen and oxygen atoms in total. The molecule has 0 radical (unpaired) electrons. The van der Waals surface area contributed by atoms with E-state index in [-0.39, 0.29) is 6.61 Å². The van der Waals surface area contributed by atoms with E-state index >= 15 is 0 Å². The molecule has 0 bridgehead atoms. The van der Waals surface area contributed by atoms with Crippen LogP contribution in [0.3, 0.4) is 0 Å². The minimum Gasteiger partial charge on any atom is -0.382 e. The largest absolute Gasteiger partial charge is 0.399 e. The highest BCUT2D eigenvalue weighted by Gasteiger charge is 2.11. The minimum absolute atomic E-state index is 0.202. The summed E-state index contributed by atoms with van der Waals surface area (Å²) in [6.07, 6.45) is -1.00. The van der Waals surface area contributed by atoms with E-state index in [0.717, 1.165) is 0 Å². The molecular formula is C5H12O6S. The second kappa shape index (κ2) is 5.44. The maximum absolute atomic E-state index is 10.1. The standard InChI is InChI=1S/C5H12O6S/c1-5(10-4-3-9-2)11-12(6,7)8/h5H,3-4H2,1-2H3,(H,6,7,8). The molecule has 0 aliphatic rings. The Bertz CT molecular complexity index is 198. The zero-order valence-corrected chi connectivity index (χ0v) is 7.70. The average Bonchev–Trinajstić information content (AvgIpc) is 1.84. The van der Waals surface area contributed by atoms with Gasteiger partial charge in [0.25, 0.3) is 0 Å². The summed E-state index contributed by atoms with van der Waals surface area (Å²) in [6.45, 7) is 1.88. The van der Waals surface area contributed by atoms with E-state index in [1.165, 1.54) is 14.0 Å². The molecule has 0 fully saturated rings. The normalized spacial score (nSPS) is 14.6. The van der Waals surface area contributed by atoms with Gasteiger partial charge >= 0.3 is 10.4 Å². The molecule has 0 saturated heterocycles. The van der Waals surface area contributed by atoms with Crippen LogP contribution in [0.25, 0.3) is 0 Å². The van der Waals surface area contributed by atoms with Crippen LogP contribution in [0.1, 0.15) is 6.92 Å². The predicted molar refractivity (Wildman–Crippen MR) is 39.9 cm³/mol. The first kappa shape index (κ1) is 11.8. The quantitative estimate of drug-likeness (QED) is 0.363. The van der Waals surface area contributed by atoms with Crippen LogP contribution < -0.4 is 0 Å². The van der Waals surface area contributed by atoms with Crippen molar-refractivity contribution in [2.45, 2.75) is 13.2 Å². The second-order valence-electron chi connectivity index (χ2n) is 1.96. The van der Waals surface area contributed by atoms with Crippen LogP contribution in [0, 0.1) is 0 Å². The molecule has 0 spiro atoms. The van der Waals surface area contributed by atoms with E-state index in [1.807, 2.05) is 0 Å². The Morgan fingerprint density at radius 3 is 2.42 bits per heavy atom. The Morgan fingerprint density at radius 1 is 1.42 bits per heavy atom. The van der Waals surface area contributed by atoms with Gasteiger partial charge in [0.15, 0.2) is 6.29 Å². The molecule has 1 N–H and O–H groups in total. The van der Waals surface area contributed by atoms with Crippen molar-refractivity contribution in [3.8, 4) is 0 Å². The van der Waals surface area contributed by atoms with Crippen molar-refractivity contribution in [1.29, 1.82) is 0 Å². The van der Waals surface area contributed by atoms with Crippen LogP contribution in [-0.4, -0.2) is 39.6 Å². The van der Waals surface area contributed by atoms with Gasteiger partial charge in [-0.2, -0.15) is 8.42 Å². The molecule has 74 valence electrons. The fourth-order valence-corrected chi connectivity index (χ4v) is 0.894. The topological polar surface area (TPSA) is 82.1 Å². The van der Waals surface area contributed by atoms with Crippen LogP contribution in [0.4, 0.5) is 0 Å². The van der Waals surface area contributed by atoms with Gasteiger partial charge in [0, 0.05) is 7.11 Å². The Morgan fingerprint density at radius 2 is 2.00 bits per heavy atom. The zero-order chi connectivity index (χ0) is 9.61. The minimum atomic E-state index is -4.43. The number of ether oxygens (including phenoxy) is 2. The molecular weight excluding hydrogens is 188 g/mol. The molecule has 12 heavy (non-hydrogen) atoms. The molecule has 0 rings (SSSR count). The Kier molecular flexibility index (Phi) is 5.34. The fraction of sp³-hybridized carbons (Fsp3) is 1.00. The van der Waals surface area contributed by atoms with Gasteiger partial charge in [0.2, 0.25) is 0 Å². The van der Waals surface area contributed by atoms with Gasteiger partial charge in [-0.3, -0.25) is 4.55 Å². The molecule has 1 unspecified atom stereocenters. The first-order chi connectivity index (χ1) is 5.45. The first-order valence-electron chi connectivity index (χ1n) is 3.22. The fourth-order valence-electron chi connectivity index (χ4n) is 0.496. The highest BCUT2D eigenvalue weighted by atomic mass is 32.3. The van der Waals surface area contributed by atoms with Crippen molar-refractivity contribution < 1.29 is 26.6 Å². The van der Waals surface area contributed by atoms with Crippen molar-refractivity contribution in [2.75, 3.05) is 20.3 Å². The van der Waals surface area contributed by atoms with E-state index in [9.17, 15) is 8.42 Å². The third-order valence-electron chi connectivity index (χ3n) is 0.897. The van der Waals surface area contributed by atoms with Crippen molar-refractivity contribution >= 4 is 10.4 Å². The number of hydrogen-bond donors (Lipinski definition) is 1. The number of rotatable bonds is 6. The van der Waals surface area contributed by atoms with Crippen molar-refractivity contribution in [3.63, 3.8) is 0 Å². The summed E-state index contributed by atoms with van der Waals surface area (Å²) in [7, 11) is -2.94. The Hall–Kier alpha value is -0.210. The van der Waals surface area contributed by atoms with Gasteiger partial charge in [-0.1, -0.05) is 0 Å². The average molecular weight is 200 g/mol. The smallest absolute Gasteiger partial charge is 0.382 e. The van der Waals surface area contributed by atoms with Crippen molar-refractivity contribution in [1.82, 2.24) is 0 Å². The van der Waals surface area contributed by atoms with Crippen LogP contribution in [0.15, 0.2) is 0 Å². The number of hydrogen-bond acceptors (Lipinski definition) is 5. The maximum atomic E-state index is 10.1. The van der Waals surface area contributed by atoms with Gasteiger partial charge in [-0.25, -0.2) is 4.18 Å². The van der Waals surface area contributed by atoms with E-state index in [4.69, 9.17) is 9.29 Å². The van der Waals surface area contributed by atoms with Crippen LogP contribution in [-0.2, 0) is 24.1 Å². The Labute approximate surface area is 71.4 Å². The molecule has 0 aromatic heterocycles. The lowest BCUT2D eigenvalue weighted by molar-refractivity contribution is -0.0806. The third kappa shape index (κ3) is 7.89. The first-order valence-corrected chi connectivity index (χ1v) is 4.58. The third-order valence-corrected chi connectivity index (χ3v) is 1.41. The van der Waals surface area contributed by atoms with Gasteiger partial charge in [0.1, 0.15) is 0 Å². The van der Waals surface area contributed by atoms with E-state index in [1.54, 1.807) is 0 Å². The molecule has 7 heteroatoms. The Balaban J connectivity index is 3.53. The SMILES string of the molecule is COCCOC(C)OS(=O)(=O)O. The van der Waals surface area contributed by atoms with E-state index < -0.39 is 16.7 Å². The summed E-state index contributed by atoms with van der Waals surface area (Å²) in [4.78, 5) is 0. The van der Waals surface area contributed by atoms with E-state index in [2.05, 4.69) is 8.92 Å². The highest BCUT2D eigenvalue weighted by molar-refractivity contribution is 7.80. The lowest BCUT2D eigenvalue weighted by Crippen LogP contribution is -2.19. The highest BCUT2D eigenvalue weighted by Crippen LogP contribution is 1.97.